The molecule has 4 rings (SSSR count). The van der Waals surface area contributed by atoms with E-state index in [0.29, 0.717) is 41.5 Å². The number of aliphatic hydroxyl groups excluding tert-OH is 1. The second-order valence-corrected chi connectivity index (χ2v) is 11.7. The summed E-state index contributed by atoms with van der Waals surface area (Å²) in [6.07, 6.45) is 11.2. The summed E-state index contributed by atoms with van der Waals surface area (Å²) in [6.45, 7) is 7.25. The number of hydrogen-bond donors (Lipinski definition) is 2. The normalized spacial score (nSPS) is 50.2. The van der Waals surface area contributed by atoms with Gasteiger partial charge in [-0.25, -0.2) is 0 Å². The molecule has 4 saturated carbocycles. The van der Waals surface area contributed by atoms with Gasteiger partial charge in [-0.15, -0.1) is 0 Å². The molecule has 0 aliphatic heterocycles. The van der Waals surface area contributed by atoms with Gasteiger partial charge in [-0.05, 0) is 97.7 Å². The Bertz CT molecular complexity index is 623. The van der Waals surface area contributed by atoms with Gasteiger partial charge in [0.05, 0.1) is 19.3 Å². The highest BCUT2D eigenvalue weighted by atomic mass is 16.5. The number of carbonyl (C=O) groups excluding carboxylic acids is 1. The number of fused-ring (bicyclic) bond motifs is 5. The average Bonchev–Trinajstić information content (AvgIpc) is 3.06. The third-order valence-electron chi connectivity index (χ3n) is 10.7. The first kappa shape index (κ1) is 21.6. The van der Waals surface area contributed by atoms with Crippen LogP contribution in [0.15, 0.2) is 0 Å². The number of quaternary nitrogens is 1. The predicted molar refractivity (Wildman–Crippen MR) is 114 cm³/mol. The zero-order chi connectivity index (χ0) is 21.0. The van der Waals surface area contributed by atoms with Crippen molar-refractivity contribution in [2.45, 2.75) is 97.1 Å². The lowest BCUT2D eigenvalue weighted by atomic mass is 9.43. The van der Waals surface area contributed by atoms with Gasteiger partial charge in [-0.3, -0.25) is 4.79 Å². The van der Waals surface area contributed by atoms with E-state index in [-0.39, 0.29) is 17.5 Å². The van der Waals surface area contributed by atoms with Crippen molar-refractivity contribution in [3.63, 3.8) is 0 Å². The van der Waals surface area contributed by atoms with E-state index in [1.165, 1.54) is 52.1 Å². The van der Waals surface area contributed by atoms with E-state index >= 15 is 0 Å². The van der Waals surface area contributed by atoms with Crippen molar-refractivity contribution in [2.24, 2.45) is 46.3 Å². The maximum atomic E-state index is 11.7. The van der Waals surface area contributed by atoms with Gasteiger partial charge in [0.15, 0.2) is 0 Å². The highest BCUT2D eigenvalue weighted by molar-refractivity contribution is 5.69. The molecule has 4 nitrogen and oxygen atoms in total. The Kier molecular flexibility index (Phi) is 5.83. The number of carbonyl (C=O) groups is 1. The summed E-state index contributed by atoms with van der Waals surface area (Å²) >= 11 is 0. The Labute approximate surface area is 177 Å². The van der Waals surface area contributed by atoms with Crippen LogP contribution in [0.25, 0.3) is 0 Å². The van der Waals surface area contributed by atoms with Crippen LogP contribution in [0.1, 0.15) is 85.0 Å². The highest BCUT2D eigenvalue weighted by Gasteiger charge is 2.63. The van der Waals surface area contributed by atoms with Crippen molar-refractivity contribution in [3.05, 3.63) is 0 Å². The first-order valence-electron chi connectivity index (χ1n) is 12.3. The van der Waals surface area contributed by atoms with Crippen molar-refractivity contribution in [1.82, 2.24) is 0 Å². The molecule has 4 N–H and O–H groups in total. The predicted octanol–water partition coefficient (Wildman–Crippen LogP) is 3.82. The Morgan fingerprint density at radius 3 is 2.62 bits per heavy atom. The summed E-state index contributed by atoms with van der Waals surface area (Å²) in [5.41, 5.74) is 4.81. The van der Waals surface area contributed by atoms with Gasteiger partial charge < -0.3 is 15.6 Å². The Morgan fingerprint density at radius 2 is 1.90 bits per heavy atom. The highest BCUT2D eigenvalue weighted by Crippen LogP contribution is 2.68. The van der Waals surface area contributed by atoms with E-state index in [1.54, 1.807) is 0 Å². The molecule has 0 aromatic rings. The summed E-state index contributed by atoms with van der Waals surface area (Å²) in [7, 11) is 1.48. The molecule has 10 atom stereocenters. The molecule has 0 heterocycles. The number of ether oxygens (including phenoxy) is 1. The molecular formula is C25H44NO3+. The number of methoxy groups -OCH3 is 1. The van der Waals surface area contributed by atoms with Crippen molar-refractivity contribution in [3.8, 4) is 0 Å². The molecule has 4 unspecified atom stereocenters. The lowest BCUT2D eigenvalue weighted by molar-refractivity contribution is -0.433. The van der Waals surface area contributed by atoms with Gasteiger partial charge in [0.2, 0.25) is 0 Å². The summed E-state index contributed by atoms with van der Waals surface area (Å²) in [6, 6.07) is 0.634. The van der Waals surface area contributed by atoms with E-state index in [2.05, 4.69) is 26.5 Å². The van der Waals surface area contributed by atoms with Gasteiger partial charge >= 0.3 is 5.97 Å². The Balaban J connectivity index is 1.53. The first-order valence-corrected chi connectivity index (χ1v) is 12.3. The SMILES string of the molecule is COC(=O)CCC(C)[C@H]1CCC2C3CC[C@@H]4C[C@@H]([NH3+])CC[C@]4(C)C3C[C@H](O)[C@@]21C. The van der Waals surface area contributed by atoms with Crippen LogP contribution in [0.4, 0.5) is 0 Å². The molecular weight excluding hydrogens is 362 g/mol. The molecule has 4 aliphatic rings. The maximum Gasteiger partial charge on any atom is 0.305 e. The smallest absolute Gasteiger partial charge is 0.305 e. The van der Waals surface area contributed by atoms with Crippen LogP contribution in [-0.2, 0) is 9.53 Å². The maximum absolute atomic E-state index is 11.7. The number of aliphatic hydroxyl groups is 1. The van der Waals surface area contributed by atoms with E-state index in [0.717, 1.165) is 24.7 Å². The van der Waals surface area contributed by atoms with Gasteiger partial charge in [0, 0.05) is 12.8 Å². The molecule has 4 aliphatic carbocycles. The van der Waals surface area contributed by atoms with Crippen LogP contribution >= 0.6 is 0 Å². The lowest BCUT2D eigenvalue weighted by Crippen LogP contribution is -2.66. The number of esters is 1. The number of rotatable bonds is 4. The molecule has 0 amide bonds. The van der Waals surface area contributed by atoms with Crippen LogP contribution in [-0.4, -0.2) is 30.3 Å². The topological polar surface area (TPSA) is 74.2 Å². The fourth-order valence-electron chi connectivity index (χ4n) is 8.92. The second kappa shape index (κ2) is 7.82. The molecule has 0 radical (unpaired) electrons. The standard InChI is InChI=1S/C25H43NO3/c1-15(5-10-23(28)29-4)19-8-9-20-18-7-6-16-13-17(26)11-12-24(16,2)21(18)14-22(27)25(19,20)3/h15-22,27H,5-14,26H2,1-4H3/p+1/t15?,16-,17+,18?,19-,20?,21?,22+,24+,25-/m1/s1. The fourth-order valence-corrected chi connectivity index (χ4v) is 8.92. The minimum absolute atomic E-state index is 0.0173. The minimum atomic E-state index is -0.199. The van der Waals surface area contributed by atoms with E-state index in [4.69, 9.17) is 4.74 Å². The van der Waals surface area contributed by atoms with Gasteiger partial charge in [-0.2, -0.15) is 0 Å². The molecule has 166 valence electrons. The first-order chi connectivity index (χ1) is 13.7. The average molecular weight is 407 g/mol. The van der Waals surface area contributed by atoms with Crippen LogP contribution in [0.3, 0.4) is 0 Å². The van der Waals surface area contributed by atoms with Crippen LogP contribution < -0.4 is 5.73 Å². The molecule has 0 aromatic heterocycles. The fraction of sp³-hybridized carbons (Fsp3) is 0.960. The third kappa shape index (κ3) is 3.37. The second-order valence-electron chi connectivity index (χ2n) is 11.7. The molecule has 4 fully saturated rings. The van der Waals surface area contributed by atoms with Gasteiger partial charge in [0.25, 0.3) is 0 Å². The molecule has 0 saturated heterocycles. The minimum Gasteiger partial charge on any atom is -0.469 e. The third-order valence-corrected chi connectivity index (χ3v) is 10.7. The lowest BCUT2D eigenvalue weighted by Gasteiger charge is -2.62. The van der Waals surface area contributed by atoms with E-state index < -0.39 is 0 Å². The molecule has 0 aromatic carbocycles. The zero-order valence-corrected chi connectivity index (χ0v) is 19.2. The Hall–Kier alpha value is -0.610. The van der Waals surface area contributed by atoms with E-state index in [9.17, 15) is 9.90 Å². The summed E-state index contributed by atoms with van der Waals surface area (Å²) in [5.74, 6) is 3.81. The monoisotopic (exact) mass is 406 g/mol. The van der Waals surface area contributed by atoms with Crippen LogP contribution in [0, 0.1) is 46.3 Å². The van der Waals surface area contributed by atoms with Crippen molar-refractivity contribution < 1.29 is 20.4 Å². The van der Waals surface area contributed by atoms with Crippen LogP contribution in [0.2, 0.25) is 0 Å². The van der Waals surface area contributed by atoms with Crippen LogP contribution in [0.5, 0.6) is 0 Å². The zero-order valence-electron chi connectivity index (χ0n) is 19.2. The largest absolute Gasteiger partial charge is 0.469 e. The van der Waals surface area contributed by atoms with Gasteiger partial charge in [0.1, 0.15) is 0 Å². The van der Waals surface area contributed by atoms with Crippen molar-refractivity contribution >= 4 is 5.97 Å². The Morgan fingerprint density at radius 1 is 1.14 bits per heavy atom. The molecule has 4 heteroatoms. The quantitative estimate of drug-likeness (QED) is 0.697. The van der Waals surface area contributed by atoms with Gasteiger partial charge in [-0.1, -0.05) is 20.8 Å². The summed E-state index contributed by atoms with van der Waals surface area (Å²) < 4.78 is 4.86. The summed E-state index contributed by atoms with van der Waals surface area (Å²) in [4.78, 5) is 11.7. The van der Waals surface area contributed by atoms with Crippen molar-refractivity contribution in [2.75, 3.05) is 7.11 Å². The summed E-state index contributed by atoms with van der Waals surface area (Å²) in [5, 5.41) is 11.6. The van der Waals surface area contributed by atoms with Crippen molar-refractivity contribution in [1.29, 1.82) is 0 Å². The molecule has 0 bridgehead atoms. The molecule has 0 spiro atoms. The molecule has 29 heavy (non-hydrogen) atoms. The number of hydrogen-bond acceptors (Lipinski definition) is 3. The van der Waals surface area contributed by atoms with E-state index in [1.807, 2.05) is 0 Å².